The fraction of sp³-hybridized carbons (Fsp3) is 0.706. The standard InChI is InChI=1S/C17H30N2/c1-4-6-7-8-9-10-11-17(18-5-2)16-13-12-15(3)19-14-16/h12-14,17-18H,4-11H2,1-3H3. The molecule has 1 N–H and O–H groups in total. The van der Waals surface area contributed by atoms with Crippen molar-refractivity contribution in [2.45, 2.75) is 71.8 Å². The van der Waals surface area contributed by atoms with E-state index >= 15 is 0 Å². The lowest BCUT2D eigenvalue weighted by Gasteiger charge is -2.18. The second kappa shape index (κ2) is 9.96. The molecule has 1 unspecified atom stereocenters. The highest BCUT2D eigenvalue weighted by Crippen LogP contribution is 2.20. The molecule has 0 aliphatic heterocycles. The van der Waals surface area contributed by atoms with Gasteiger partial charge in [-0.05, 0) is 31.5 Å². The van der Waals surface area contributed by atoms with E-state index < -0.39 is 0 Å². The fourth-order valence-electron chi connectivity index (χ4n) is 2.45. The largest absolute Gasteiger partial charge is 0.310 e. The highest BCUT2D eigenvalue weighted by Gasteiger charge is 2.09. The van der Waals surface area contributed by atoms with Crippen LogP contribution in [0.1, 0.15) is 76.1 Å². The summed E-state index contributed by atoms with van der Waals surface area (Å²) in [6.45, 7) is 7.51. The fourth-order valence-corrected chi connectivity index (χ4v) is 2.45. The van der Waals surface area contributed by atoms with Gasteiger partial charge in [0.05, 0.1) is 0 Å². The van der Waals surface area contributed by atoms with Crippen LogP contribution in [-0.4, -0.2) is 11.5 Å². The number of hydrogen-bond acceptors (Lipinski definition) is 2. The molecule has 2 nitrogen and oxygen atoms in total. The number of nitrogens with zero attached hydrogens (tertiary/aromatic N) is 1. The summed E-state index contributed by atoms with van der Waals surface area (Å²) in [5.41, 5.74) is 2.43. The topological polar surface area (TPSA) is 24.9 Å². The first-order valence-electron chi connectivity index (χ1n) is 7.93. The molecule has 1 rings (SSSR count). The molecule has 1 aromatic rings. The summed E-state index contributed by atoms with van der Waals surface area (Å²) in [5.74, 6) is 0. The van der Waals surface area contributed by atoms with Crippen LogP contribution in [0.4, 0.5) is 0 Å². The van der Waals surface area contributed by atoms with Crippen LogP contribution in [0, 0.1) is 6.92 Å². The number of pyridine rings is 1. The SMILES string of the molecule is CCCCCCCCC(NCC)c1ccc(C)nc1. The predicted octanol–water partition coefficient (Wildman–Crippen LogP) is 4.79. The zero-order chi connectivity index (χ0) is 13.9. The lowest BCUT2D eigenvalue weighted by Crippen LogP contribution is -2.21. The van der Waals surface area contributed by atoms with E-state index in [0.29, 0.717) is 6.04 Å². The first kappa shape index (κ1) is 16.2. The van der Waals surface area contributed by atoms with E-state index in [1.54, 1.807) is 0 Å². The van der Waals surface area contributed by atoms with Crippen LogP contribution < -0.4 is 5.32 Å². The van der Waals surface area contributed by atoms with Crippen molar-refractivity contribution in [1.82, 2.24) is 10.3 Å². The van der Waals surface area contributed by atoms with Crippen molar-refractivity contribution in [2.75, 3.05) is 6.54 Å². The van der Waals surface area contributed by atoms with Crippen LogP contribution in [0.2, 0.25) is 0 Å². The van der Waals surface area contributed by atoms with Gasteiger partial charge in [0.1, 0.15) is 0 Å². The molecule has 1 aromatic heterocycles. The van der Waals surface area contributed by atoms with E-state index in [1.807, 2.05) is 13.1 Å². The van der Waals surface area contributed by atoms with Crippen LogP contribution >= 0.6 is 0 Å². The molecule has 0 aliphatic rings. The number of hydrogen-bond donors (Lipinski definition) is 1. The predicted molar refractivity (Wildman–Crippen MR) is 83.4 cm³/mol. The molecule has 0 spiro atoms. The summed E-state index contributed by atoms with van der Waals surface area (Å²) in [7, 11) is 0. The highest BCUT2D eigenvalue weighted by molar-refractivity contribution is 5.17. The maximum Gasteiger partial charge on any atom is 0.0372 e. The molecule has 2 heteroatoms. The Kier molecular flexibility index (Phi) is 8.48. The van der Waals surface area contributed by atoms with E-state index in [0.717, 1.165) is 12.2 Å². The smallest absolute Gasteiger partial charge is 0.0372 e. The summed E-state index contributed by atoms with van der Waals surface area (Å²) in [5, 5.41) is 3.58. The van der Waals surface area contributed by atoms with Crippen molar-refractivity contribution >= 4 is 0 Å². The second-order valence-electron chi connectivity index (χ2n) is 5.40. The van der Waals surface area contributed by atoms with Gasteiger partial charge in [-0.3, -0.25) is 4.98 Å². The third kappa shape index (κ3) is 6.72. The van der Waals surface area contributed by atoms with Gasteiger partial charge in [-0.25, -0.2) is 0 Å². The molecular formula is C17H30N2. The summed E-state index contributed by atoms with van der Waals surface area (Å²) in [6, 6.07) is 4.80. The van der Waals surface area contributed by atoms with Crippen LogP contribution in [0.3, 0.4) is 0 Å². The Morgan fingerprint density at radius 1 is 1.05 bits per heavy atom. The van der Waals surface area contributed by atoms with Gasteiger partial charge in [-0.2, -0.15) is 0 Å². The van der Waals surface area contributed by atoms with Gasteiger partial charge < -0.3 is 5.32 Å². The van der Waals surface area contributed by atoms with Gasteiger partial charge in [-0.1, -0.05) is 58.4 Å². The Balaban J connectivity index is 2.34. The molecule has 0 saturated carbocycles. The molecule has 0 aliphatic carbocycles. The lowest BCUT2D eigenvalue weighted by molar-refractivity contribution is 0.476. The molecule has 0 bridgehead atoms. The maximum atomic E-state index is 4.41. The summed E-state index contributed by atoms with van der Waals surface area (Å²) in [4.78, 5) is 4.41. The van der Waals surface area contributed by atoms with Crippen molar-refractivity contribution in [2.24, 2.45) is 0 Å². The average molecular weight is 262 g/mol. The van der Waals surface area contributed by atoms with Crippen LogP contribution in [0.5, 0.6) is 0 Å². The Bertz CT molecular complexity index is 319. The summed E-state index contributed by atoms with van der Waals surface area (Å²) in [6.07, 6.45) is 11.4. The zero-order valence-electron chi connectivity index (χ0n) is 12.9. The number of rotatable bonds is 10. The van der Waals surface area contributed by atoms with Gasteiger partial charge >= 0.3 is 0 Å². The maximum absolute atomic E-state index is 4.41. The second-order valence-corrected chi connectivity index (χ2v) is 5.40. The molecule has 0 aromatic carbocycles. The number of nitrogens with one attached hydrogen (secondary N) is 1. The van der Waals surface area contributed by atoms with E-state index in [1.165, 1.54) is 50.5 Å². The zero-order valence-corrected chi connectivity index (χ0v) is 12.9. The van der Waals surface area contributed by atoms with E-state index in [9.17, 15) is 0 Å². The average Bonchev–Trinajstić information content (AvgIpc) is 2.42. The summed E-state index contributed by atoms with van der Waals surface area (Å²) < 4.78 is 0. The quantitative estimate of drug-likeness (QED) is 0.613. The van der Waals surface area contributed by atoms with E-state index in [4.69, 9.17) is 0 Å². The minimum atomic E-state index is 0.476. The van der Waals surface area contributed by atoms with Crippen molar-refractivity contribution in [3.05, 3.63) is 29.6 Å². The third-order valence-electron chi connectivity index (χ3n) is 3.63. The van der Waals surface area contributed by atoms with Gasteiger partial charge in [0, 0.05) is 17.9 Å². The Labute approximate surface area is 119 Å². The first-order chi connectivity index (χ1) is 9.27. The first-order valence-corrected chi connectivity index (χ1v) is 7.93. The van der Waals surface area contributed by atoms with Gasteiger partial charge in [0.15, 0.2) is 0 Å². The van der Waals surface area contributed by atoms with Gasteiger partial charge in [0.2, 0.25) is 0 Å². The highest BCUT2D eigenvalue weighted by atomic mass is 14.9. The van der Waals surface area contributed by atoms with Crippen LogP contribution in [0.15, 0.2) is 18.3 Å². The summed E-state index contributed by atoms with van der Waals surface area (Å²) >= 11 is 0. The molecule has 1 atom stereocenters. The Morgan fingerprint density at radius 3 is 2.42 bits per heavy atom. The molecule has 0 fully saturated rings. The van der Waals surface area contributed by atoms with E-state index in [-0.39, 0.29) is 0 Å². The molecular weight excluding hydrogens is 232 g/mol. The Hall–Kier alpha value is -0.890. The molecule has 108 valence electrons. The Morgan fingerprint density at radius 2 is 1.79 bits per heavy atom. The van der Waals surface area contributed by atoms with Crippen molar-refractivity contribution < 1.29 is 0 Å². The molecule has 0 radical (unpaired) electrons. The molecule has 1 heterocycles. The number of unbranched alkanes of at least 4 members (excludes halogenated alkanes) is 5. The van der Waals surface area contributed by atoms with Crippen molar-refractivity contribution in [1.29, 1.82) is 0 Å². The minimum Gasteiger partial charge on any atom is -0.310 e. The normalized spacial score (nSPS) is 12.6. The van der Waals surface area contributed by atoms with Crippen molar-refractivity contribution in [3.63, 3.8) is 0 Å². The van der Waals surface area contributed by atoms with Gasteiger partial charge in [-0.15, -0.1) is 0 Å². The number of aryl methyl sites for hydroxylation is 1. The van der Waals surface area contributed by atoms with Crippen molar-refractivity contribution in [3.8, 4) is 0 Å². The monoisotopic (exact) mass is 262 g/mol. The number of aromatic nitrogens is 1. The van der Waals surface area contributed by atoms with Gasteiger partial charge in [0.25, 0.3) is 0 Å². The van der Waals surface area contributed by atoms with Crippen LogP contribution in [-0.2, 0) is 0 Å². The molecule has 0 amide bonds. The molecule has 0 saturated heterocycles. The molecule has 19 heavy (non-hydrogen) atoms. The third-order valence-corrected chi connectivity index (χ3v) is 3.63. The minimum absolute atomic E-state index is 0.476. The van der Waals surface area contributed by atoms with Crippen LogP contribution in [0.25, 0.3) is 0 Å². The lowest BCUT2D eigenvalue weighted by atomic mass is 10.0. The van der Waals surface area contributed by atoms with E-state index in [2.05, 4.69) is 36.3 Å².